The molecule has 0 aliphatic heterocycles. The smallest absolute Gasteiger partial charge is 0.246 e. The fraction of sp³-hybridized carbons (Fsp3) is 0.278. The molecule has 1 atom stereocenters. The first-order chi connectivity index (χ1) is 11.4. The number of nitrogens with two attached hydrogens (primary N) is 1. The van der Waals surface area contributed by atoms with Gasteiger partial charge in [0, 0.05) is 11.8 Å². The van der Waals surface area contributed by atoms with Gasteiger partial charge in [0.25, 0.3) is 0 Å². The first-order valence-corrected chi connectivity index (χ1v) is 7.66. The second-order valence-electron chi connectivity index (χ2n) is 5.56. The van der Waals surface area contributed by atoms with Gasteiger partial charge in [0.1, 0.15) is 22.8 Å². The van der Waals surface area contributed by atoms with Crippen LogP contribution in [0.5, 0.6) is 17.2 Å². The number of carbonyl (C=O) groups is 1. The van der Waals surface area contributed by atoms with Crippen LogP contribution in [0.4, 0.5) is 5.69 Å². The zero-order valence-electron chi connectivity index (χ0n) is 13.8. The van der Waals surface area contributed by atoms with Gasteiger partial charge in [-0.2, -0.15) is 0 Å². The zero-order valence-corrected chi connectivity index (χ0v) is 13.8. The fourth-order valence-electron chi connectivity index (χ4n) is 1.88. The Balaban J connectivity index is 2.02. The standard InChI is InChI=1S/C18H22N2O4/c1-3-23-15-5-4-6-16(11-15)24-14-9-7-13(8-10-14)20-17(22)18(2,19)12-21/h4-11,21H,3,12,19H2,1-2H3,(H,20,22)/t18-/m0/s1. The molecule has 0 bridgehead atoms. The summed E-state index contributed by atoms with van der Waals surface area (Å²) in [4.78, 5) is 11.9. The van der Waals surface area contributed by atoms with Crippen molar-refractivity contribution in [2.45, 2.75) is 19.4 Å². The Morgan fingerprint density at radius 2 is 1.83 bits per heavy atom. The van der Waals surface area contributed by atoms with Crippen LogP contribution in [0.25, 0.3) is 0 Å². The quantitative estimate of drug-likeness (QED) is 0.725. The normalized spacial score (nSPS) is 13.0. The van der Waals surface area contributed by atoms with Crippen molar-refractivity contribution in [1.82, 2.24) is 0 Å². The molecule has 128 valence electrons. The molecule has 1 amide bonds. The van der Waals surface area contributed by atoms with Crippen LogP contribution < -0.4 is 20.5 Å². The molecule has 0 fully saturated rings. The van der Waals surface area contributed by atoms with Crippen LogP contribution in [-0.2, 0) is 4.79 Å². The van der Waals surface area contributed by atoms with Crippen molar-refractivity contribution < 1.29 is 19.4 Å². The van der Waals surface area contributed by atoms with Gasteiger partial charge in [0.2, 0.25) is 5.91 Å². The Labute approximate surface area is 141 Å². The summed E-state index contributed by atoms with van der Waals surface area (Å²) in [5.74, 6) is 1.57. The number of aliphatic hydroxyl groups excluding tert-OH is 1. The summed E-state index contributed by atoms with van der Waals surface area (Å²) in [6.07, 6.45) is 0. The Kier molecular flexibility index (Phi) is 5.78. The topological polar surface area (TPSA) is 93.8 Å². The van der Waals surface area contributed by atoms with E-state index in [0.29, 0.717) is 23.8 Å². The fourth-order valence-corrected chi connectivity index (χ4v) is 1.88. The summed E-state index contributed by atoms with van der Waals surface area (Å²) in [5, 5.41) is 11.7. The molecular weight excluding hydrogens is 308 g/mol. The second-order valence-corrected chi connectivity index (χ2v) is 5.56. The number of anilines is 1. The van der Waals surface area contributed by atoms with Crippen molar-refractivity contribution in [1.29, 1.82) is 0 Å². The molecule has 4 N–H and O–H groups in total. The summed E-state index contributed by atoms with van der Waals surface area (Å²) in [5.41, 5.74) is 4.93. The molecule has 6 heteroatoms. The van der Waals surface area contributed by atoms with Crippen molar-refractivity contribution in [2.24, 2.45) is 5.73 Å². The molecule has 0 spiro atoms. The highest BCUT2D eigenvalue weighted by atomic mass is 16.5. The molecular formula is C18H22N2O4. The van der Waals surface area contributed by atoms with Crippen molar-refractivity contribution >= 4 is 11.6 Å². The molecule has 2 rings (SSSR count). The van der Waals surface area contributed by atoms with Crippen molar-refractivity contribution in [3.05, 3.63) is 48.5 Å². The van der Waals surface area contributed by atoms with Crippen LogP contribution in [0.15, 0.2) is 48.5 Å². The Morgan fingerprint density at radius 1 is 1.17 bits per heavy atom. The molecule has 24 heavy (non-hydrogen) atoms. The van der Waals surface area contributed by atoms with E-state index in [1.54, 1.807) is 30.3 Å². The Bertz CT molecular complexity index is 684. The third-order valence-electron chi connectivity index (χ3n) is 3.31. The van der Waals surface area contributed by atoms with Crippen LogP contribution in [0.1, 0.15) is 13.8 Å². The summed E-state index contributed by atoms with van der Waals surface area (Å²) >= 11 is 0. The van der Waals surface area contributed by atoms with Gasteiger partial charge in [0.15, 0.2) is 0 Å². The van der Waals surface area contributed by atoms with E-state index in [1.807, 2.05) is 25.1 Å². The van der Waals surface area contributed by atoms with Gasteiger partial charge in [-0.3, -0.25) is 4.79 Å². The minimum atomic E-state index is -1.32. The molecule has 0 saturated heterocycles. The molecule has 6 nitrogen and oxygen atoms in total. The van der Waals surface area contributed by atoms with E-state index in [1.165, 1.54) is 6.92 Å². The van der Waals surface area contributed by atoms with E-state index in [0.717, 1.165) is 5.75 Å². The molecule has 0 aliphatic rings. The number of nitrogens with one attached hydrogen (secondary N) is 1. The van der Waals surface area contributed by atoms with E-state index in [9.17, 15) is 4.79 Å². The van der Waals surface area contributed by atoms with Crippen molar-refractivity contribution in [3.8, 4) is 17.2 Å². The lowest BCUT2D eigenvalue weighted by atomic mass is 10.0. The highest BCUT2D eigenvalue weighted by Gasteiger charge is 2.27. The predicted octanol–water partition coefficient (Wildman–Crippen LogP) is 2.53. The summed E-state index contributed by atoms with van der Waals surface area (Å²) in [6, 6.07) is 14.2. The van der Waals surface area contributed by atoms with Gasteiger partial charge in [-0.05, 0) is 50.2 Å². The largest absolute Gasteiger partial charge is 0.494 e. The predicted molar refractivity (Wildman–Crippen MR) is 92.4 cm³/mol. The van der Waals surface area contributed by atoms with Crippen LogP contribution in [0.2, 0.25) is 0 Å². The molecule has 0 heterocycles. The average molecular weight is 330 g/mol. The number of amides is 1. The number of rotatable bonds is 7. The van der Waals surface area contributed by atoms with Gasteiger partial charge in [-0.15, -0.1) is 0 Å². The Hall–Kier alpha value is -2.57. The first-order valence-electron chi connectivity index (χ1n) is 7.66. The van der Waals surface area contributed by atoms with E-state index in [2.05, 4.69) is 5.32 Å². The highest BCUT2D eigenvalue weighted by Crippen LogP contribution is 2.26. The molecule has 0 saturated carbocycles. The third kappa shape index (κ3) is 4.71. The Morgan fingerprint density at radius 3 is 2.46 bits per heavy atom. The molecule has 2 aromatic carbocycles. The van der Waals surface area contributed by atoms with Crippen LogP contribution in [0, 0.1) is 0 Å². The first kappa shape index (κ1) is 17.8. The van der Waals surface area contributed by atoms with E-state index >= 15 is 0 Å². The lowest BCUT2D eigenvalue weighted by Gasteiger charge is -2.20. The summed E-state index contributed by atoms with van der Waals surface area (Å²) in [7, 11) is 0. The van der Waals surface area contributed by atoms with Crippen molar-refractivity contribution in [2.75, 3.05) is 18.5 Å². The van der Waals surface area contributed by atoms with Gasteiger partial charge < -0.3 is 25.6 Å². The van der Waals surface area contributed by atoms with Gasteiger partial charge in [-0.1, -0.05) is 6.07 Å². The van der Waals surface area contributed by atoms with Crippen LogP contribution in [-0.4, -0.2) is 29.8 Å². The average Bonchev–Trinajstić information content (AvgIpc) is 2.57. The zero-order chi connectivity index (χ0) is 17.6. The van der Waals surface area contributed by atoms with Gasteiger partial charge in [0.05, 0.1) is 13.2 Å². The number of hydrogen-bond acceptors (Lipinski definition) is 5. The minimum absolute atomic E-state index is 0.434. The maximum absolute atomic E-state index is 11.9. The van der Waals surface area contributed by atoms with Crippen molar-refractivity contribution in [3.63, 3.8) is 0 Å². The van der Waals surface area contributed by atoms with Gasteiger partial charge >= 0.3 is 0 Å². The summed E-state index contributed by atoms with van der Waals surface area (Å²) < 4.78 is 11.2. The lowest BCUT2D eigenvalue weighted by Crippen LogP contribution is -2.51. The molecule has 0 aromatic heterocycles. The summed E-state index contributed by atoms with van der Waals surface area (Å²) in [6.45, 7) is 3.54. The van der Waals surface area contributed by atoms with Crippen LogP contribution >= 0.6 is 0 Å². The third-order valence-corrected chi connectivity index (χ3v) is 3.31. The minimum Gasteiger partial charge on any atom is -0.494 e. The monoisotopic (exact) mass is 330 g/mol. The number of benzene rings is 2. The van der Waals surface area contributed by atoms with Gasteiger partial charge in [-0.25, -0.2) is 0 Å². The number of carbonyl (C=O) groups excluding carboxylic acids is 1. The maximum atomic E-state index is 11.9. The maximum Gasteiger partial charge on any atom is 0.246 e. The molecule has 0 aliphatic carbocycles. The van der Waals surface area contributed by atoms with Crippen LogP contribution in [0.3, 0.4) is 0 Å². The molecule has 2 aromatic rings. The van der Waals surface area contributed by atoms with E-state index in [-0.39, 0.29) is 0 Å². The van der Waals surface area contributed by atoms with E-state index < -0.39 is 18.1 Å². The number of ether oxygens (including phenoxy) is 2. The molecule has 0 radical (unpaired) electrons. The molecule has 0 unspecified atom stereocenters. The number of hydrogen-bond donors (Lipinski definition) is 3. The second kappa shape index (κ2) is 7.81. The number of aliphatic hydroxyl groups is 1. The highest BCUT2D eigenvalue weighted by molar-refractivity contribution is 5.97. The SMILES string of the molecule is CCOc1cccc(Oc2ccc(NC(=O)[C@@](C)(N)CO)cc2)c1. The van der Waals surface area contributed by atoms with E-state index in [4.69, 9.17) is 20.3 Å². The lowest BCUT2D eigenvalue weighted by molar-refractivity contribution is -0.121.